The fraction of sp³-hybridized carbons (Fsp3) is 0.516. The van der Waals surface area contributed by atoms with E-state index in [0.717, 1.165) is 6.07 Å². The lowest BCUT2D eigenvalue weighted by Crippen LogP contribution is -2.61. The van der Waals surface area contributed by atoms with Gasteiger partial charge in [-0.1, -0.05) is 0 Å². The smallest absolute Gasteiger partial charge is 0.239 e. The molecule has 0 unspecified atom stereocenters. The van der Waals surface area contributed by atoms with Crippen molar-refractivity contribution < 1.29 is 78.8 Å². The second-order valence-electron chi connectivity index (χ2n) is 11.2. The van der Waals surface area contributed by atoms with Crippen molar-refractivity contribution in [1.82, 2.24) is 0 Å². The Bertz CT molecular complexity index is 1580. The minimum atomic E-state index is -1.93. The normalized spacial score (nSPS) is 30.7. The molecule has 2 aliphatic rings. The fourth-order valence-corrected chi connectivity index (χ4v) is 5.28. The van der Waals surface area contributed by atoms with Gasteiger partial charge in [0.15, 0.2) is 12.1 Å². The highest BCUT2D eigenvalue weighted by molar-refractivity contribution is 5.88. The summed E-state index contributed by atoms with van der Waals surface area (Å²) < 4.78 is 39.2. The van der Waals surface area contributed by atoms with E-state index in [4.69, 9.17) is 43.1 Å². The molecule has 0 amide bonds. The predicted molar refractivity (Wildman–Crippen MR) is 160 cm³/mol. The van der Waals surface area contributed by atoms with Gasteiger partial charge in [0.2, 0.25) is 17.5 Å². The molecule has 2 saturated heterocycles. The molecule has 48 heavy (non-hydrogen) atoms. The van der Waals surface area contributed by atoms with Crippen molar-refractivity contribution in [2.24, 2.45) is 0 Å². The van der Waals surface area contributed by atoms with Crippen molar-refractivity contribution in [3.63, 3.8) is 0 Å². The molecule has 2 aliphatic heterocycles. The highest BCUT2D eigenvalue weighted by Crippen LogP contribution is 2.38. The monoisotopic (exact) mass is 682 g/mol. The minimum absolute atomic E-state index is 0.0258. The van der Waals surface area contributed by atoms with E-state index < -0.39 is 84.9 Å². The van der Waals surface area contributed by atoms with Crippen LogP contribution in [0.1, 0.15) is 6.92 Å². The van der Waals surface area contributed by atoms with Gasteiger partial charge >= 0.3 is 0 Å². The Morgan fingerprint density at radius 3 is 2.04 bits per heavy atom. The molecule has 0 aliphatic carbocycles. The molecular weight excluding hydrogens is 644 g/mol. The van der Waals surface area contributed by atoms with Crippen LogP contribution in [0.4, 0.5) is 0 Å². The van der Waals surface area contributed by atoms with Gasteiger partial charge in [0.25, 0.3) is 0 Å². The zero-order valence-corrected chi connectivity index (χ0v) is 25.6. The Morgan fingerprint density at radius 2 is 1.38 bits per heavy atom. The Hall–Kier alpha value is -3.59. The third-order valence-electron chi connectivity index (χ3n) is 7.88. The number of ether oxygens (including phenoxy) is 6. The molecule has 17 nitrogen and oxygen atoms in total. The SMILES string of the molecule is C[C@H]1O[C@H](OC[C@@H]2O[C@H](Oc3c(-c4ccc(OCCO)cc4)oc4cc(OCCO)cc(O)c4c3=O)[C@@H](O)[C@H](O)[C@H]2O)[C@@H](O)[C@@H](O)[C@@H]1O. The molecule has 3 heterocycles. The summed E-state index contributed by atoms with van der Waals surface area (Å²) in [4.78, 5) is 13.9. The second-order valence-corrected chi connectivity index (χ2v) is 11.2. The molecular formula is C31H38O17. The van der Waals surface area contributed by atoms with Crippen LogP contribution in [0.3, 0.4) is 0 Å². The number of fused-ring (bicyclic) bond motifs is 1. The van der Waals surface area contributed by atoms with Crippen molar-refractivity contribution in [2.75, 3.05) is 33.0 Å². The quantitative estimate of drug-likeness (QED) is 0.0994. The maximum absolute atomic E-state index is 13.9. The van der Waals surface area contributed by atoms with E-state index in [-0.39, 0.29) is 54.5 Å². The molecule has 3 aromatic rings. The first-order valence-electron chi connectivity index (χ1n) is 15.0. The molecule has 0 bridgehead atoms. The third-order valence-corrected chi connectivity index (χ3v) is 7.88. The van der Waals surface area contributed by atoms with Gasteiger partial charge in [-0.05, 0) is 31.2 Å². The van der Waals surface area contributed by atoms with E-state index >= 15 is 0 Å². The first kappa shape index (κ1) is 35.7. The van der Waals surface area contributed by atoms with Gasteiger partial charge in [0, 0.05) is 17.7 Å². The highest BCUT2D eigenvalue weighted by atomic mass is 16.7. The lowest BCUT2D eigenvalue weighted by atomic mass is 9.98. The predicted octanol–water partition coefficient (Wildman–Crippen LogP) is -2.06. The zero-order chi connectivity index (χ0) is 34.7. The number of benzene rings is 2. The van der Waals surface area contributed by atoms with Gasteiger partial charge in [0.05, 0.1) is 25.9 Å². The Balaban J connectivity index is 1.48. The van der Waals surface area contributed by atoms with Crippen molar-refractivity contribution in [3.05, 3.63) is 46.6 Å². The molecule has 17 heteroatoms. The molecule has 2 fully saturated rings. The van der Waals surface area contributed by atoms with Gasteiger partial charge < -0.3 is 78.8 Å². The molecule has 0 spiro atoms. The number of aliphatic hydroxyl groups excluding tert-OH is 8. The lowest BCUT2D eigenvalue weighted by Gasteiger charge is -2.42. The molecule has 10 atom stereocenters. The van der Waals surface area contributed by atoms with Crippen LogP contribution in [0, 0.1) is 0 Å². The minimum Gasteiger partial charge on any atom is -0.507 e. The highest BCUT2D eigenvalue weighted by Gasteiger charge is 2.47. The lowest BCUT2D eigenvalue weighted by molar-refractivity contribution is -0.318. The second kappa shape index (κ2) is 15.3. The topological polar surface area (TPSA) is 268 Å². The molecule has 5 rings (SSSR count). The largest absolute Gasteiger partial charge is 0.507 e. The summed E-state index contributed by atoms with van der Waals surface area (Å²) in [7, 11) is 0. The Morgan fingerprint density at radius 1 is 0.750 bits per heavy atom. The summed E-state index contributed by atoms with van der Waals surface area (Å²) in [6, 6.07) is 8.50. The molecule has 1 aromatic heterocycles. The van der Waals surface area contributed by atoms with Crippen LogP contribution in [0.2, 0.25) is 0 Å². The van der Waals surface area contributed by atoms with E-state index in [9.17, 15) is 40.5 Å². The van der Waals surface area contributed by atoms with Crippen LogP contribution in [-0.4, -0.2) is 140 Å². The Labute approximate surface area is 272 Å². The fourth-order valence-electron chi connectivity index (χ4n) is 5.28. The van der Waals surface area contributed by atoms with Crippen molar-refractivity contribution >= 4 is 11.0 Å². The Kier molecular flexibility index (Phi) is 11.4. The van der Waals surface area contributed by atoms with Crippen molar-refractivity contribution in [2.45, 2.75) is 68.3 Å². The number of phenols is 1. The summed E-state index contributed by atoms with van der Waals surface area (Å²) in [5, 5.41) is 91.0. The number of aromatic hydroxyl groups is 1. The number of hydrogen-bond acceptors (Lipinski definition) is 17. The van der Waals surface area contributed by atoms with Crippen LogP contribution in [0.25, 0.3) is 22.3 Å². The van der Waals surface area contributed by atoms with E-state index in [1.165, 1.54) is 37.3 Å². The molecule has 264 valence electrons. The summed E-state index contributed by atoms with van der Waals surface area (Å²) in [6.45, 7) is 0.238. The van der Waals surface area contributed by atoms with Crippen LogP contribution < -0.4 is 19.6 Å². The standard InChI is InChI=1S/C31H38O17/c1-13-21(35)24(38)26(40)30(45-13)44-12-19-22(36)25(39)27(41)31(47-19)48-29-23(37)20-17(34)10-16(43-9-7-33)11-18(20)46-28(29)14-2-4-15(5-3-14)42-8-6-32/h2-5,10-11,13,19,21-22,24-27,30-36,38-41H,6-9,12H2,1H3/t13-,19+,21-,22+,24+,25-,26+,27+,30+,31-/m1/s1. The van der Waals surface area contributed by atoms with Gasteiger partial charge in [0.1, 0.15) is 84.2 Å². The van der Waals surface area contributed by atoms with Gasteiger partial charge in [-0.25, -0.2) is 0 Å². The first-order valence-corrected chi connectivity index (χ1v) is 15.0. The van der Waals surface area contributed by atoms with E-state index in [1.807, 2.05) is 0 Å². The van der Waals surface area contributed by atoms with Crippen molar-refractivity contribution in [3.8, 4) is 34.3 Å². The molecule has 2 aromatic carbocycles. The van der Waals surface area contributed by atoms with Gasteiger partial charge in [-0.3, -0.25) is 4.79 Å². The average molecular weight is 683 g/mol. The van der Waals surface area contributed by atoms with Crippen LogP contribution in [0.15, 0.2) is 45.6 Å². The maximum atomic E-state index is 13.9. The molecule has 9 N–H and O–H groups in total. The van der Waals surface area contributed by atoms with E-state index in [1.54, 1.807) is 0 Å². The third kappa shape index (κ3) is 7.36. The number of phenolic OH excluding ortho intramolecular Hbond substituents is 1. The maximum Gasteiger partial charge on any atom is 0.239 e. The number of hydrogen-bond donors (Lipinski definition) is 9. The molecule has 0 radical (unpaired) electrons. The number of aliphatic hydroxyl groups is 8. The summed E-state index contributed by atoms with van der Waals surface area (Å²) in [5.41, 5.74) is -0.788. The zero-order valence-electron chi connectivity index (χ0n) is 25.6. The summed E-state index contributed by atoms with van der Waals surface area (Å²) in [5.74, 6) is -0.860. The van der Waals surface area contributed by atoms with Gasteiger partial charge in [-0.15, -0.1) is 0 Å². The van der Waals surface area contributed by atoms with E-state index in [0.29, 0.717) is 5.75 Å². The molecule has 0 saturated carbocycles. The summed E-state index contributed by atoms with van der Waals surface area (Å²) in [6.07, 6.45) is -15.9. The van der Waals surface area contributed by atoms with Crippen LogP contribution in [0.5, 0.6) is 23.0 Å². The average Bonchev–Trinajstić information content (AvgIpc) is 3.08. The number of rotatable bonds is 12. The summed E-state index contributed by atoms with van der Waals surface area (Å²) >= 11 is 0. The van der Waals surface area contributed by atoms with E-state index in [2.05, 4.69) is 0 Å². The van der Waals surface area contributed by atoms with Crippen LogP contribution in [-0.2, 0) is 14.2 Å². The van der Waals surface area contributed by atoms with Crippen LogP contribution >= 0.6 is 0 Å². The van der Waals surface area contributed by atoms with Crippen molar-refractivity contribution in [1.29, 1.82) is 0 Å². The first-order chi connectivity index (χ1) is 22.9. The van der Waals surface area contributed by atoms with Gasteiger partial charge in [-0.2, -0.15) is 0 Å².